The van der Waals surface area contributed by atoms with E-state index >= 15 is 0 Å². The first-order valence-electron chi connectivity index (χ1n) is 9.51. The summed E-state index contributed by atoms with van der Waals surface area (Å²) in [5.41, 5.74) is 1.14. The number of aryl methyl sites for hydroxylation is 1. The highest BCUT2D eigenvalue weighted by Gasteiger charge is 2.26. The van der Waals surface area contributed by atoms with Crippen molar-refractivity contribution in [2.45, 2.75) is 44.7 Å². The molecule has 0 saturated carbocycles. The van der Waals surface area contributed by atoms with Gasteiger partial charge in [-0.2, -0.15) is 0 Å². The average molecular weight is 382 g/mol. The van der Waals surface area contributed by atoms with Gasteiger partial charge < -0.3 is 4.90 Å². The average Bonchev–Trinajstić information content (AvgIpc) is 3.05. The second kappa shape index (κ2) is 8.05. The molecule has 2 aromatic heterocycles. The number of likely N-dealkylation sites (tertiary alicyclic amines) is 1. The van der Waals surface area contributed by atoms with Crippen molar-refractivity contribution in [2.24, 2.45) is 0 Å². The summed E-state index contributed by atoms with van der Waals surface area (Å²) < 4.78 is 1.56. The van der Waals surface area contributed by atoms with Crippen LogP contribution < -0.4 is 5.56 Å². The fourth-order valence-corrected chi connectivity index (χ4v) is 4.56. The molecule has 0 aliphatic carbocycles. The first-order chi connectivity index (χ1) is 13.2. The van der Waals surface area contributed by atoms with Crippen molar-refractivity contribution >= 4 is 27.5 Å². The molecule has 0 spiro atoms. The summed E-state index contributed by atoms with van der Waals surface area (Å²) >= 11 is 1.46. The van der Waals surface area contributed by atoms with Gasteiger partial charge in [0.05, 0.1) is 17.8 Å². The topological polar surface area (TPSA) is 55.2 Å². The molecule has 140 valence electrons. The van der Waals surface area contributed by atoms with Gasteiger partial charge in [-0.1, -0.05) is 43.2 Å². The number of amides is 1. The van der Waals surface area contributed by atoms with E-state index in [0.717, 1.165) is 37.1 Å². The molecule has 5 nitrogen and oxygen atoms in total. The number of hydrogen-bond acceptors (Lipinski definition) is 4. The van der Waals surface area contributed by atoms with Crippen LogP contribution in [0, 0.1) is 0 Å². The highest BCUT2D eigenvalue weighted by Crippen LogP contribution is 2.30. The lowest BCUT2D eigenvalue weighted by Gasteiger charge is -2.30. The standard InChI is InChI=1S/C21H23N3O2S/c25-19(10-13-23-15-22-20-17(21(23)26)11-14-27-20)24-12-6-2-5-9-18(24)16-7-3-1-4-8-16/h1,3-4,7-8,11,14-15,18H,2,5-6,9-10,12-13H2. The Labute approximate surface area is 162 Å². The lowest BCUT2D eigenvalue weighted by atomic mass is 10.0. The van der Waals surface area contributed by atoms with E-state index in [1.54, 1.807) is 17.0 Å². The predicted octanol–water partition coefficient (Wildman–Crippen LogP) is 3.99. The fraction of sp³-hybridized carbons (Fsp3) is 0.381. The van der Waals surface area contributed by atoms with Crippen LogP contribution in [-0.2, 0) is 11.3 Å². The number of benzene rings is 1. The van der Waals surface area contributed by atoms with E-state index in [-0.39, 0.29) is 17.5 Å². The lowest BCUT2D eigenvalue weighted by Crippen LogP contribution is -2.36. The Kier molecular flexibility index (Phi) is 5.34. The van der Waals surface area contributed by atoms with E-state index in [1.807, 2.05) is 28.5 Å². The summed E-state index contributed by atoms with van der Waals surface area (Å²) in [4.78, 5) is 32.6. The third-order valence-electron chi connectivity index (χ3n) is 5.27. The quantitative estimate of drug-likeness (QED) is 0.687. The zero-order valence-electron chi connectivity index (χ0n) is 15.2. The van der Waals surface area contributed by atoms with Crippen LogP contribution in [0.25, 0.3) is 10.2 Å². The molecule has 1 atom stereocenters. The van der Waals surface area contributed by atoms with E-state index in [9.17, 15) is 9.59 Å². The lowest BCUT2D eigenvalue weighted by molar-refractivity contribution is -0.133. The summed E-state index contributed by atoms with van der Waals surface area (Å²) in [5, 5.41) is 2.50. The van der Waals surface area contributed by atoms with Crippen molar-refractivity contribution in [3.8, 4) is 0 Å². The Morgan fingerprint density at radius 1 is 1.15 bits per heavy atom. The van der Waals surface area contributed by atoms with E-state index in [1.165, 1.54) is 16.9 Å². The molecule has 1 aromatic carbocycles. The zero-order valence-corrected chi connectivity index (χ0v) is 16.0. The van der Waals surface area contributed by atoms with Crippen LogP contribution in [0.2, 0.25) is 0 Å². The fourth-order valence-electron chi connectivity index (χ4n) is 3.84. The molecule has 1 aliphatic rings. The zero-order chi connectivity index (χ0) is 18.6. The van der Waals surface area contributed by atoms with Crippen LogP contribution in [0.1, 0.15) is 43.7 Å². The van der Waals surface area contributed by atoms with Crippen LogP contribution >= 0.6 is 11.3 Å². The highest BCUT2D eigenvalue weighted by atomic mass is 32.1. The van der Waals surface area contributed by atoms with Crippen molar-refractivity contribution < 1.29 is 4.79 Å². The van der Waals surface area contributed by atoms with Crippen molar-refractivity contribution in [3.63, 3.8) is 0 Å². The number of rotatable bonds is 4. The Morgan fingerprint density at radius 2 is 2.00 bits per heavy atom. The largest absolute Gasteiger partial charge is 0.336 e. The van der Waals surface area contributed by atoms with Crippen molar-refractivity contribution in [2.75, 3.05) is 6.54 Å². The second-order valence-electron chi connectivity index (χ2n) is 7.00. The van der Waals surface area contributed by atoms with Crippen LogP contribution in [0.15, 0.2) is 52.9 Å². The molecule has 0 N–H and O–H groups in total. The van der Waals surface area contributed by atoms with Gasteiger partial charge in [-0.15, -0.1) is 11.3 Å². The van der Waals surface area contributed by atoms with Crippen molar-refractivity contribution in [3.05, 3.63) is 64.0 Å². The molecule has 4 rings (SSSR count). The number of aromatic nitrogens is 2. The second-order valence-corrected chi connectivity index (χ2v) is 7.89. The number of carbonyl (C=O) groups is 1. The van der Waals surface area contributed by atoms with E-state index in [2.05, 4.69) is 17.1 Å². The maximum Gasteiger partial charge on any atom is 0.262 e. The number of carbonyl (C=O) groups excluding carboxylic acids is 1. The van der Waals surface area contributed by atoms with E-state index in [0.29, 0.717) is 18.4 Å². The molecule has 1 unspecified atom stereocenters. The van der Waals surface area contributed by atoms with Crippen LogP contribution in [-0.4, -0.2) is 26.9 Å². The molecule has 1 fully saturated rings. The summed E-state index contributed by atoms with van der Waals surface area (Å²) in [6.45, 7) is 1.16. The number of thiophene rings is 1. The summed E-state index contributed by atoms with van der Waals surface area (Å²) in [5.74, 6) is 0.114. The van der Waals surface area contributed by atoms with Crippen molar-refractivity contribution in [1.82, 2.24) is 14.5 Å². The van der Waals surface area contributed by atoms with Gasteiger partial charge in [0.2, 0.25) is 5.91 Å². The van der Waals surface area contributed by atoms with Gasteiger partial charge in [-0.05, 0) is 29.9 Å². The van der Waals surface area contributed by atoms with Gasteiger partial charge >= 0.3 is 0 Å². The molecule has 1 aliphatic heterocycles. The minimum absolute atomic E-state index is 0.0653. The van der Waals surface area contributed by atoms with Crippen LogP contribution in [0.4, 0.5) is 0 Å². The molecule has 3 heterocycles. The molecule has 1 saturated heterocycles. The number of fused-ring (bicyclic) bond motifs is 1. The molecule has 27 heavy (non-hydrogen) atoms. The van der Waals surface area contributed by atoms with Gasteiger partial charge in [0.25, 0.3) is 5.56 Å². The summed E-state index contributed by atoms with van der Waals surface area (Å²) in [6.07, 6.45) is 6.22. The smallest absolute Gasteiger partial charge is 0.262 e. The summed E-state index contributed by atoms with van der Waals surface area (Å²) in [7, 11) is 0. The Hall–Kier alpha value is -2.47. The maximum absolute atomic E-state index is 13.0. The first kappa shape index (κ1) is 17.9. The Bertz CT molecular complexity index is 980. The first-order valence-corrected chi connectivity index (χ1v) is 10.4. The van der Waals surface area contributed by atoms with Gasteiger partial charge in [-0.25, -0.2) is 4.98 Å². The van der Waals surface area contributed by atoms with Gasteiger partial charge in [0.15, 0.2) is 0 Å². The third kappa shape index (κ3) is 3.81. The predicted molar refractivity (Wildman–Crippen MR) is 108 cm³/mol. The van der Waals surface area contributed by atoms with Gasteiger partial charge in [0, 0.05) is 19.5 Å². The third-order valence-corrected chi connectivity index (χ3v) is 6.10. The number of nitrogens with zero attached hydrogens (tertiary/aromatic N) is 3. The monoisotopic (exact) mass is 381 g/mol. The van der Waals surface area contributed by atoms with Gasteiger partial charge in [0.1, 0.15) is 4.83 Å². The minimum Gasteiger partial charge on any atom is -0.336 e. The minimum atomic E-state index is -0.0653. The SMILES string of the molecule is O=C(CCn1cnc2sccc2c1=O)N1CCCCCC1c1ccccc1. The molecule has 6 heteroatoms. The molecule has 3 aromatic rings. The van der Waals surface area contributed by atoms with Crippen LogP contribution in [0.5, 0.6) is 0 Å². The van der Waals surface area contributed by atoms with E-state index in [4.69, 9.17) is 0 Å². The van der Waals surface area contributed by atoms with E-state index < -0.39 is 0 Å². The molecular formula is C21H23N3O2S. The Morgan fingerprint density at radius 3 is 2.85 bits per heavy atom. The molecule has 0 bridgehead atoms. The molecular weight excluding hydrogens is 358 g/mol. The molecule has 0 radical (unpaired) electrons. The maximum atomic E-state index is 13.0. The molecule has 1 amide bonds. The summed E-state index contributed by atoms with van der Waals surface area (Å²) in [6, 6.07) is 12.2. The normalized spacial score (nSPS) is 17.8. The van der Waals surface area contributed by atoms with Crippen molar-refractivity contribution in [1.29, 1.82) is 0 Å². The van der Waals surface area contributed by atoms with Crippen LogP contribution in [0.3, 0.4) is 0 Å². The van der Waals surface area contributed by atoms with Gasteiger partial charge in [-0.3, -0.25) is 14.2 Å². The highest BCUT2D eigenvalue weighted by molar-refractivity contribution is 7.16. The number of hydrogen-bond donors (Lipinski definition) is 0. The Balaban J connectivity index is 1.51.